The molecule has 0 aromatic carbocycles. The number of unbranched alkanes of at least 4 members (excludes halogenated alkanes) is 3. The normalized spacial score (nSPS) is 31.4. The molecule has 0 atom stereocenters. The van der Waals surface area contributed by atoms with Crippen molar-refractivity contribution < 1.29 is 4.74 Å². The molecule has 0 amide bonds. The van der Waals surface area contributed by atoms with Crippen molar-refractivity contribution in [1.29, 1.82) is 0 Å². The van der Waals surface area contributed by atoms with Crippen LogP contribution in [0.25, 0.3) is 0 Å². The van der Waals surface area contributed by atoms with Gasteiger partial charge in [0.15, 0.2) is 0 Å². The van der Waals surface area contributed by atoms with Crippen molar-refractivity contribution in [1.82, 2.24) is 0 Å². The fourth-order valence-electron chi connectivity index (χ4n) is 4.99. The summed E-state index contributed by atoms with van der Waals surface area (Å²) < 4.78 is 5.68. The fourth-order valence-corrected chi connectivity index (χ4v) is 4.99. The molecule has 1 nitrogen and oxygen atoms in total. The van der Waals surface area contributed by atoms with E-state index in [2.05, 4.69) is 19.9 Å². The van der Waals surface area contributed by atoms with Gasteiger partial charge in [-0.1, -0.05) is 64.9 Å². The van der Waals surface area contributed by atoms with Crippen molar-refractivity contribution in [3.8, 4) is 0 Å². The van der Waals surface area contributed by atoms with E-state index in [1.54, 1.807) is 0 Å². The van der Waals surface area contributed by atoms with Crippen molar-refractivity contribution in [2.45, 2.75) is 104 Å². The quantitative estimate of drug-likeness (QED) is 0.297. The summed E-state index contributed by atoms with van der Waals surface area (Å²) in [5.74, 6) is 3.97. The van der Waals surface area contributed by atoms with Gasteiger partial charge in [-0.15, -0.1) is 0 Å². The van der Waals surface area contributed by atoms with Crippen LogP contribution in [0.2, 0.25) is 0 Å². The molecule has 0 radical (unpaired) electrons. The van der Waals surface area contributed by atoms with E-state index in [0.717, 1.165) is 36.7 Å². The molecular formula is C23H42O. The Morgan fingerprint density at radius 3 is 1.96 bits per heavy atom. The molecule has 2 aliphatic rings. The Balaban J connectivity index is 1.56. The largest absolute Gasteiger partial charge is 0.501 e. The molecule has 2 saturated carbocycles. The maximum Gasteiger partial charge on any atom is 0.0901 e. The van der Waals surface area contributed by atoms with Crippen LogP contribution < -0.4 is 0 Å². The van der Waals surface area contributed by atoms with Crippen LogP contribution in [-0.2, 0) is 4.74 Å². The predicted molar refractivity (Wildman–Crippen MR) is 105 cm³/mol. The van der Waals surface area contributed by atoms with E-state index in [-0.39, 0.29) is 0 Å². The molecule has 0 bridgehead atoms. The highest BCUT2D eigenvalue weighted by Crippen LogP contribution is 2.42. The number of rotatable bonds is 10. The van der Waals surface area contributed by atoms with Crippen molar-refractivity contribution >= 4 is 0 Å². The minimum Gasteiger partial charge on any atom is -0.501 e. The van der Waals surface area contributed by atoms with Crippen molar-refractivity contribution in [2.24, 2.45) is 23.7 Å². The fraction of sp³-hybridized carbons (Fsp3) is 0.913. The first-order chi connectivity index (χ1) is 11.8. The van der Waals surface area contributed by atoms with E-state index < -0.39 is 0 Å². The van der Waals surface area contributed by atoms with Crippen molar-refractivity contribution in [2.75, 3.05) is 6.61 Å². The monoisotopic (exact) mass is 334 g/mol. The van der Waals surface area contributed by atoms with E-state index in [1.165, 1.54) is 83.5 Å². The van der Waals surface area contributed by atoms with Gasteiger partial charge in [-0.25, -0.2) is 0 Å². The molecular weight excluding hydrogens is 292 g/mol. The van der Waals surface area contributed by atoms with Crippen LogP contribution in [0.15, 0.2) is 12.3 Å². The SMILES string of the molecule is CC/C=C\OCC1CCC([C@H]2CC[C@H](CCCCCC)CC2)CC1. The minimum atomic E-state index is 0.817. The summed E-state index contributed by atoms with van der Waals surface area (Å²) >= 11 is 0. The molecule has 0 N–H and O–H groups in total. The van der Waals surface area contributed by atoms with Gasteiger partial charge in [-0.3, -0.25) is 0 Å². The zero-order chi connectivity index (χ0) is 17.0. The Morgan fingerprint density at radius 2 is 1.38 bits per heavy atom. The maximum atomic E-state index is 5.68. The highest BCUT2D eigenvalue weighted by molar-refractivity contribution is 4.82. The summed E-state index contributed by atoms with van der Waals surface area (Å²) in [6, 6.07) is 0. The number of hydrogen-bond donors (Lipinski definition) is 0. The average Bonchev–Trinajstić information content (AvgIpc) is 2.64. The smallest absolute Gasteiger partial charge is 0.0901 e. The van der Waals surface area contributed by atoms with Crippen molar-refractivity contribution in [3.63, 3.8) is 0 Å². The second-order valence-corrected chi connectivity index (χ2v) is 8.52. The lowest BCUT2D eigenvalue weighted by atomic mass is 9.69. The summed E-state index contributed by atoms with van der Waals surface area (Å²) in [5.41, 5.74) is 0. The first-order valence-electron chi connectivity index (χ1n) is 11.1. The Bertz CT molecular complexity index is 319. The van der Waals surface area contributed by atoms with Gasteiger partial charge in [-0.2, -0.15) is 0 Å². The Hall–Kier alpha value is -0.460. The third kappa shape index (κ3) is 7.19. The first-order valence-corrected chi connectivity index (χ1v) is 11.1. The molecule has 24 heavy (non-hydrogen) atoms. The van der Waals surface area contributed by atoms with Crippen LogP contribution in [0.1, 0.15) is 104 Å². The van der Waals surface area contributed by atoms with Gasteiger partial charge in [0, 0.05) is 0 Å². The molecule has 0 unspecified atom stereocenters. The Kier molecular flexibility index (Phi) is 9.92. The van der Waals surface area contributed by atoms with E-state index in [9.17, 15) is 0 Å². The number of hydrogen-bond acceptors (Lipinski definition) is 1. The van der Waals surface area contributed by atoms with Crippen LogP contribution in [0.3, 0.4) is 0 Å². The lowest BCUT2D eigenvalue weighted by Crippen LogP contribution is -2.27. The lowest BCUT2D eigenvalue weighted by molar-refractivity contribution is 0.108. The van der Waals surface area contributed by atoms with Gasteiger partial charge >= 0.3 is 0 Å². The van der Waals surface area contributed by atoms with Gasteiger partial charge in [0.25, 0.3) is 0 Å². The maximum absolute atomic E-state index is 5.68. The summed E-state index contributed by atoms with van der Waals surface area (Å²) in [6.07, 6.45) is 24.3. The van der Waals surface area contributed by atoms with Gasteiger partial charge in [0.05, 0.1) is 12.9 Å². The predicted octanol–water partition coefficient (Wildman–Crippen LogP) is 7.51. The molecule has 2 fully saturated rings. The molecule has 1 heteroatoms. The molecule has 2 rings (SSSR count). The Labute approximate surface area is 151 Å². The molecule has 0 aromatic heterocycles. The third-order valence-corrected chi connectivity index (χ3v) is 6.68. The van der Waals surface area contributed by atoms with E-state index in [1.807, 2.05) is 6.26 Å². The first kappa shape index (κ1) is 19.9. The molecule has 0 heterocycles. The molecule has 0 saturated heterocycles. The van der Waals surface area contributed by atoms with Crippen LogP contribution in [0, 0.1) is 23.7 Å². The molecule has 0 aliphatic heterocycles. The van der Waals surface area contributed by atoms with Crippen LogP contribution in [-0.4, -0.2) is 6.61 Å². The molecule has 2 aliphatic carbocycles. The summed E-state index contributed by atoms with van der Waals surface area (Å²) in [7, 11) is 0. The third-order valence-electron chi connectivity index (χ3n) is 6.68. The Morgan fingerprint density at radius 1 is 0.750 bits per heavy atom. The second-order valence-electron chi connectivity index (χ2n) is 8.52. The number of allylic oxidation sites excluding steroid dienone is 1. The second kappa shape index (κ2) is 12.0. The topological polar surface area (TPSA) is 9.23 Å². The zero-order valence-electron chi connectivity index (χ0n) is 16.5. The molecule has 0 spiro atoms. The van der Waals surface area contributed by atoms with Gasteiger partial charge in [0.2, 0.25) is 0 Å². The summed E-state index contributed by atoms with van der Waals surface area (Å²) in [5, 5.41) is 0. The van der Waals surface area contributed by atoms with E-state index >= 15 is 0 Å². The van der Waals surface area contributed by atoms with E-state index in [0.29, 0.717) is 0 Å². The standard InChI is InChI=1S/C23H42O/c1-3-5-7-8-9-20-10-14-22(15-11-20)23-16-12-21(13-17-23)19-24-18-6-4-2/h6,18,20-23H,3-5,7-17,19H2,1-2H3/b18-6-/t20-,21?,22-,23?. The highest BCUT2D eigenvalue weighted by Gasteiger charge is 2.30. The highest BCUT2D eigenvalue weighted by atomic mass is 16.5. The van der Waals surface area contributed by atoms with Gasteiger partial charge in [-0.05, 0) is 68.6 Å². The summed E-state index contributed by atoms with van der Waals surface area (Å²) in [4.78, 5) is 0. The van der Waals surface area contributed by atoms with Crippen LogP contribution in [0.5, 0.6) is 0 Å². The minimum absolute atomic E-state index is 0.817. The van der Waals surface area contributed by atoms with Crippen molar-refractivity contribution in [3.05, 3.63) is 12.3 Å². The van der Waals surface area contributed by atoms with Gasteiger partial charge in [0.1, 0.15) is 0 Å². The van der Waals surface area contributed by atoms with Crippen LogP contribution in [0.4, 0.5) is 0 Å². The molecule has 140 valence electrons. The van der Waals surface area contributed by atoms with E-state index in [4.69, 9.17) is 4.74 Å². The molecule has 0 aromatic rings. The average molecular weight is 335 g/mol. The zero-order valence-corrected chi connectivity index (χ0v) is 16.5. The number of ether oxygens (including phenoxy) is 1. The lowest BCUT2D eigenvalue weighted by Gasteiger charge is -2.37. The summed E-state index contributed by atoms with van der Waals surface area (Å²) in [6.45, 7) is 5.42. The van der Waals surface area contributed by atoms with Crippen LogP contribution >= 0.6 is 0 Å². The van der Waals surface area contributed by atoms with Gasteiger partial charge < -0.3 is 4.74 Å².